The molecule has 0 spiro atoms. The molecule has 1 heterocycles. The van der Waals surface area contributed by atoms with Crippen molar-refractivity contribution in [3.63, 3.8) is 0 Å². The number of rotatable bonds is 7. The standard InChI is InChI=1S/C22H18N6O3S/c1-27-22(24-25-26-27)32-20-12-11-17(28(30)31)14-18(20)21(29)23-19-10-6-5-9-16(19)13-15-7-3-2-4-8-15/h2-12,14H,13H2,1H3,(H,23,29). The second kappa shape index (κ2) is 9.40. The number of aromatic nitrogens is 4. The number of nitrogens with one attached hydrogen (secondary N) is 1. The summed E-state index contributed by atoms with van der Waals surface area (Å²) in [6.45, 7) is 0. The zero-order chi connectivity index (χ0) is 22.5. The summed E-state index contributed by atoms with van der Waals surface area (Å²) in [5.74, 6) is -0.452. The van der Waals surface area contributed by atoms with Crippen LogP contribution in [0.25, 0.3) is 0 Å². The number of hydrogen-bond donors (Lipinski definition) is 1. The molecular weight excluding hydrogens is 428 g/mol. The number of nitro groups is 1. The molecule has 0 saturated heterocycles. The van der Waals surface area contributed by atoms with Crippen LogP contribution >= 0.6 is 11.8 Å². The highest BCUT2D eigenvalue weighted by Crippen LogP contribution is 2.32. The van der Waals surface area contributed by atoms with Crippen LogP contribution in [-0.4, -0.2) is 31.0 Å². The van der Waals surface area contributed by atoms with E-state index >= 15 is 0 Å². The van der Waals surface area contributed by atoms with Crippen molar-refractivity contribution >= 4 is 29.0 Å². The third kappa shape index (κ3) is 4.81. The molecule has 160 valence electrons. The maximum absolute atomic E-state index is 13.2. The fraction of sp³-hybridized carbons (Fsp3) is 0.0909. The van der Waals surface area contributed by atoms with E-state index in [9.17, 15) is 14.9 Å². The molecule has 0 fully saturated rings. The van der Waals surface area contributed by atoms with Gasteiger partial charge in [0.25, 0.3) is 11.6 Å². The first-order valence-corrected chi connectivity index (χ1v) is 10.4. The minimum Gasteiger partial charge on any atom is -0.322 e. The number of para-hydroxylation sites is 1. The van der Waals surface area contributed by atoms with Crippen molar-refractivity contribution in [3.05, 3.63) is 99.6 Å². The van der Waals surface area contributed by atoms with Gasteiger partial charge < -0.3 is 5.32 Å². The number of amides is 1. The van der Waals surface area contributed by atoms with Crippen molar-refractivity contribution in [1.29, 1.82) is 0 Å². The Balaban J connectivity index is 1.65. The molecule has 0 aliphatic heterocycles. The van der Waals surface area contributed by atoms with Crippen LogP contribution in [0.15, 0.2) is 82.8 Å². The van der Waals surface area contributed by atoms with Crippen LogP contribution in [0.1, 0.15) is 21.5 Å². The van der Waals surface area contributed by atoms with Gasteiger partial charge in [-0.3, -0.25) is 14.9 Å². The summed E-state index contributed by atoms with van der Waals surface area (Å²) in [4.78, 5) is 24.5. The van der Waals surface area contributed by atoms with Crippen molar-refractivity contribution in [2.75, 3.05) is 5.32 Å². The molecule has 0 atom stereocenters. The van der Waals surface area contributed by atoms with Crippen molar-refractivity contribution in [2.24, 2.45) is 7.05 Å². The van der Waals surface area contributed by atoms with Gasteiger partial charge in [-0.25, -0.2) is 4.68 Å². The number of carbonyl (C=O) groups is 1. The van der Waals surface area contributed by atoms with Gasteiger partial charge in [-0.05, 0) is 51.9 Å². The Hall–Kier alpha value is -4.05. The van der Waals surface area contributed by atoms with E-state index in [0.717, 1.165) is 22.9 Å². The van der Waals surface area contributed by atoms with Crippen LogP contribution in [0.5, 0.6) is 0 Å². The molecule has 1 amide bonds. The number of hydrogen-bond acceptors (Lipinski definition) is 7. The van der Waals surface area contributed by atoms with Gasteiger partial charge in [0.2, 0.25) is 5.16 Å². The quantitative estimate of drug-likeness (QED) is 0.335. The van der Waals surface area contributed by atoms with Gasteiger partial charge in [-0.15, -0.1) is 5.10 Å². The Labute approximate surface area is 187 Å². The molecule has 1 N–H and O–H groups in total. The number of nitro benzene ring substituents is 1. The van der Waals surface area contributed by atoms with Crippen molar-refractivity contribution in [2.45, 2.75) is 16.5 Å². The predicted octanol–water partition coefficient (Wildman–Crippen LogP) is 4.11. The molecule has 4 aromatic rings. The topological polar surface area (TPSA) is 116 Å². The molecule has 9 nitrogen and oxygen atoms in total. The molecular formula is C22H18N6O3S. The van der Waals surface area contributed by atoms with E-state index < -0.39 is 10.8 Å². The van der Waals surface area contributed by atoms with E-state index in [1.54, 1.807) is 7.05 Å². The van der Waals surface area contributed by atoms with Crippen molar-refractivity contribution in [1.82, 2.24) is 20.2 Å². The second-order valence-corrected chi connectivity index (χ2v) is 7.91. The van der Waals surface area contributed by atoms with E-state index in [1.165, 1.54) is 22.9 Å². The van der Waals surface area contributed by atoms with Crippen LogP contribution in [0.2, 0.25) is 0 Å². The maximum atomic E-state index is 13.2. The molecule has 10 heteroatoms. The fourth-order valence-electron chi connectivity index (χ4n) is 3.11. The van der Waals surface area contributed by atoms with Crippen LogP contribution in [0.3, 0.4) is 0 Å². The van der Waals surface area contributed by atoms with Gasteiger partial charge in [0.15, 0.2) is 0 Å². The van der Waals surface area contributed by atoms with Crippen LogP contribution in [0, 0.1) is 10.1 Å². The number of benzene rings is 3. The molecule has 32 heavy (non-hydrogen) atoms. The van der Waals surface area contributed by atoms with E-state index in [2.05, 4.69) is 20.8 Å². The Kier molecular flexibility index (Phi) is 6.22. The lowest BCUT2D eigenvalue weighted by molar-refractivity contribution is -0.384. The van der Waals surface area contributed by atoms with Crippen molar-refractivity contribution < 1.29 is 9.72 Å². The number of anilines is 1. The molecule has 0 unspecified atom stereocenters. The zero-order valence-electron chi connectivity index (χ0n) is 17.0. The first-order valence-electron chi connectivity index (χ1n) is 9.63. The molecule has 0 bridgehead atoms. The lowest BCUT2D eigenvalue weighted by Gasteiger charge is -2.13. The van der Waals surface area contributed by atoms with Gasteiger partial charge in [0.1, 0.15) is 0 Å². The van der Waals surface area contributed by atoms with Gasteiger partial charge in [0, 0.05) is 29.8 Å². The third-order valence-electron chi connectivity index (χ3n) is 4.70. The summed E-state index contributed by atoms with van der Waals surface area (Å²) < 4.78 is 1.46. The summed E-state index contributed by atoms with van der Waals surface area (Å²) in [6, 6.07) is 21.5. The van der Waals surface area contributed by atoms with Gasteiger partial charge in [-0.2, -0.15) is 0 Å². The highest BCUT2D eigenvalue weighted by molar-refractivity contribution is 7.99. The van der Waals surface area contributed by atoms with E-state index in [4.69, 9.17) is 0 Å². The van der Waals surface area contributed by atoms with E-state index in [-0.39, 0.29) is 11.3 Å². The Morgan fingerprint density at radius 1 is 1.09 bits per heavy atom. The molecule has 3 aromatic carbocycles. The highest BCUT2D eigenvalue weighted by Gasteiger charge is 2.20. The number of non-ortho nitro benzene ring substituents is 1. The van der Waals surface area contributed by atoms with E-state index in [0.29, 0.717) is 22.2 Å². The SMILES string of the molecule is Cn1nnnc1Sc1ccc([N+](=O)[O-])cc1C(=O)Nc1ccccc1Cc1ccccc1. The lowest BCUT2D eigenvalue weighted by Crippen LogP contribution is -2.15. The Bertz CT molecular complexity index is 1280. The number of carbonyl (C=O) groups excluding carboxylic acids is 1. The van der Waals surface area contributed by atoms with E-state index in [1.807, 2.05) is 54.6 Å². The minimum absolute atomic E-state index is 0.168. The molecule has 1 aromatic heterocycles. The molecule has 0 aliphatic rings. The predicted molar refractivity (Wildman–Crippen MR) is 120 cm³/mol. The summed E-state index contributed by atoms with van der Waals surface area (Å²) in [5, 5.41) is 26.0. The minimum atomic E-state index is -0.529. The second-order valence-electron chi connectivity index (χ2n) is 6.90. The number of aryl methyl sites for hydroxylation is 1. The first-order chi connectivity index (χ1) is 15.5. The van der Waals surface area contributed by atoms with Gasteiger partial charge in [0.05, 0.1) is 10.5 Å². The maximum Gasteiger partial charge on any atom is 0.270 e. The first kappa shape index (κ1) is 21.2. The normalized spacial score (nSPS) is 10.7. The molecule has 0 aliphatic carbocycles. The van der Waals surface area contributed by atoms with Crippen LogP contribution < -0.4 is 5.32 Å². The number of tetrazole rings is 1. The monoisotopic (exact) mass is 446 g/mol. The van der Waals surface area contributed by atoms with Gasteiger partial charge >= 0.3 is 0 Å². The average Bonchev–Trinajstić information content (AvgIpc) is 3.20. The van der Waals surface area contributed by atoms with Gasteiger partial charge in [-0.1, -0.05) is 48.5 Å². The number of nitrogens with zero attached hydrogens (tertiary/aromatic N) is 5. The largest absolute Gasteiger partial charge is 0.322 e. The summed E-state index contributed by atoms with van der Waals surface area (Å²) in [7, 11) is 1.67. The Morgan fingerprint density at radius 2 is 1.84 bits per heavy atom. The molecule has 4 rings (SSSR count). The zero-order valence-corrected chi connectivity index (χ0v) is 17.8. The van der Waals surface area contributed by atoms with Crippen LogP contribution in [0.4, 0.5) is 11.4 Å². The average molecular weight is 446 g/mol. The highest BCUT2D eigenvalue weighted by atomic mass is 32.2. The third-order valence-corrected chi connectivity index (χ3v) is 5.81. The molecule has 0 saturated carbocycles. The Morgan fingerprint density at radius 3 is 2.56 bits per heavy atom. The summed E-state index contributed by atoms with van der Waals surface area (Å²) in [6.07, 6.45) is 0.637. The lowest BCUT2D eigenvalue weighted by atomic mass is 10.0. The summed E-state index contributed by atoms with van der Waals surface area (Å²) >= 11 is 1.16. The summed E-state index contributed by atoms with van der Waals surface area (Å²) in [5.41, 5.74) is 2.68. The van der Waals surface area contributed by atoms with Crippen LogP contribution in [-0.2, 0) is 13.5 Å². The fourth-order valence-corrected chi connectivity index (χ4v) is 3.95. The van der Waals surface area contributed by atoms with Crippen molar-refractivity contribution in [3.8, 4) is 0 Å². The molecule has 0 radical (unpaired) electrons. The smallest absolute Gasteiger partial charge is 0.270 e.